The van der Waals surface area contributed by atoms with Crippen molar-refractivity contribution in [2.24, 2.45) is 0 Å². The maximum atomic E-state index is 13.8. The second kappa shape index (κ2) is 13.7. The molecule has 4 rings (SSSR count). The lowest BCUT2D eigenvalue weighted by Gasteiger charge is -2.34. The predicted molar refractivity (Wildman–Crippen MR) is 148 cm³/mol. The molecule has 0 spiro atoms. The van der Waals surface area contributed by atoms with Crippen LogP contribution < -0.4 is 16.2 Å². The van der Waals surface area contributed by atoms with Gasteiger partial charge in [-0.25, -0.2) is 4.79 Å². The first-order valence-electron chi connectivity index (χ1n) is 11.7. The van der Waals surface area contributed by atoms with Crippen LogP contribution in [0.1, 0.15) is 18.1 Å². The maximum absolute atomic E-state index is 13.8. The summed E-state index contributed by atoms with van der Waals surface area (Å²) < 4.78 is 41.4. The third-order valence-corrected chi connectivity index (χ3v) is 6.24. The Balaban J connectivity index is 0.00000253. The number of aromatic nitrogens is 1. The third kappa shape index (κ3) is 8.22. The number of H-pyrrole nitrogens is 1. The Morgan fingerprint density at radius 1 is 0.868 bits per heavy atom. The lowest BCUT2D eigenvalue weighted by molar-refractivity contribution is -0.138. The van der Waals surface area contributed by atoms with Crippen molar-refractivity contribution >= 4 is 42.2 Å². The number of aromatic amines is 1. The number of anilines is 2. The van der Waals surface area contributed by atoms with Crippen LogP contribution in [-0.4, -0.2) is 53.5 Å². The van der Waals surface area contributed by atoms with Crippen molar-refractivity contribution in [1.29, 1.82) is 0 Å². The summed E-state index contributed by atoms with van der Waals surface area (Å²) in [4.78, 5) is 30.5. The molecule has 1 aliphatic heterocycles. The van der Waals surface area contributed by atoms with Crippen LogP contribution in [0, 0.1) is 0 Å². The quantitative estimate of drug-likeness (QED) is 0.355. The molecule has 0 bridgehead atoms. The van der Waals surface area contributed by atoms with Crippen LogP contribution in [0.3, 0.4) is 0 Å². The Bertz CT molecular complexity index is 1240. The number of hydrogen-bond donors (Lipinski definition) is 3. The second-order valence-corrected chi connectivity index (χ2v) is 8.68. The molecule has 2 heterocycles. The average Bonchev–Trinajstić information content (AvgIpc) is 2.86. The standard InChI is InChI=1S/C26H28F3N5O2.2ClH/c1-2-33-11-13-34(14-12-33)17-20-5-9-22(15-23(20)26(27,28)29)32-25(36)31-21-7-3-18(4-8-21)19-6-10-24(35)30-16-19;;/h3-10,15-16H,2,11-14,17H2,1H3,(H,30,35)(H2,31,32,36);2*1H. The van der Waals surface area contributed by atoms with E-state index >= 15 is 0 Å². The highest BCUT2D eigenvalue weighted by Gasteiger charge is 2.34. The predicted octanol–water partition coefficient (Wildman–Crippen LogP) is 5.69. The van der Waals surface area contributed by atoms with E-state index in [0.29, 0.717) is 18.8 Å². The van der Waals surface area contributed by atoms with Gasteiger partial charge in [-0.15, -0.1) is 24.8 Å². The first-order chi connectivity index (χ1) is 17.2. The minimum Gasteiger partial charge on any atom is -0.328 e. The summed E-state index contributed by atoms with van der Waals surface area (Å²) in [6, 6.07) is 13.2. The fraction of sp³-hybridized carbons (Fsp3) is 0.308. The number of nitrogens with one attached hydrogen (secondary N) is 3. The van der Waals surface area contributed by atoms with Gasteiger partial charge in [0.2, 0.25) is 5.56 Å². The number of carbonyl (C=O) groups is 1. The van der Waals surface area contributed by atoms with Gasteiger partial charge >= 0.3 is 12.2 Å². The third-order valence-electron chi connectivity index (χ3n) is 6.24. The van der Waals surface area contributed by atoms with Crippen LogP contribution in [0.2, 0.25) is 0 Å². The van der Waals surface area contributed by atoms with Gasteiger partial charge in [0.05, 0.1) is 5.56 Å². The van der Waals surface area contributed by atoms with Gasteiger partial charge in [0.25, 0.3) is 0 Å². The summed E-state index contributed by atoms with van der Waals surface area (Å²) in [7, 11) is 0. The highest BCUT2D eigenvalue weighted by molar-refractivity contribution is 6.00. The molecular formula is C26H30Cl2F3N5O2. The Kier molecular flexibility index (Phi) is 11.2. The van der Waals surface area contributed by atoms with Crippen molar-refractivity contribution in [3.8, 4) is 11.1 Å². The molecule has 2 aromatic carbocycles. The number of likely N-dealkylation sites (N-methyl/N-ethyl adjacent to an activating group) is 1. The molecule has 12 heteroatoms. The van der Waals surface area contributed by atoms with Crippen LogP contribution in [0.15, 0.2) is 65.6 Å². The van der Waals surface area contributed by atoms with E-state index in [2.05, 4.69) is 27.4 Å². The molecule has 206 valence electrons. The zero-order valence-corrected chi connectivity index (χ0v) is 22.3. The van der Waals surface area contributed by atoms with Crippen molar-refractivity contribution < 1.29 is 18.0 Å². The highest BCUT2D eigenvalue weighted by Crippen LogP contribution is 2.34. The van der Waals surface area contributed by atoms with Crippen LogP contribution >= 0.6 is 24.8 Å². The molecule has 0 radical (unpaired) electrons. The summed E-state index contributed by atoms with van der Waals surface area (Å²) >= 11 is 0. The molecule has 2 amide bonds. The van der Waals surface area contributed by atoms with Gasteiger partial charge in [0.1, 0.15) is 0 Å². The number of amides is 2. The molecule has 0 saturated carbocycles. The van der Waals surface area contributed by atoms with E-state index in [1.54, 1.807) is 36.5 Å². The highest BCUT2D eigenvalue weighted by atomic mass is 35.5. The number of piperazine rings is 1. The van der Waals surface area contributed by atoms with Gasteiger partial charge in [-0.3, -0.25) is 9.69 Å². The molecule has 3 aromatic rings. The number of urea groups is 1. The lowest BCUT2D eigenvalue weighted by Crippen LogP contribution is -2.45. The molecule has 1 aliphatic rings. The number of carbonyl (C=O) groups excluding carboxylic acids is 1. The molecule has 1 fully saturated rings. The largest absolute Gasteiger partial charge is 0.416 e. The molecule has 7 nitrogen and oxygen atoms in total. The van der Waals surface area contributed by atoms with Crippen molar-refractivity contribution in [3.63, 3.8) is 0 Å². The zero-order valence-electron chi connectivity index (χ0n) is 20.7. The normalized spacial score (nSPS) is 14.2. The van der Waals surface area contributed by atoms with Crippen LogP contribution in [-0.2, 0) is 12.7 Å². The number of nitrogens with zero attached hydrogens (tertiary/aromatic N) is 2. The molecular weight excluding hydrogens is 542 g/mol. The van der Waals surface area contributed by atoms with E-state index in [9.17, 15) is 22.8 Å². The Hall–Kier alpha value is -3.05. The minimum atomic E-state index is -4.54. The second-order valence-electron chi connectivity index (χ2n) is 8.68. The Morgan fingerprint density at radius 3 is 2.03 bits per heavy atom. The van der Waals surface area contributed by atoms with Gasteiger partial charge in [-0.05, 0) is 53.6 Å². The number of rotatable bonds is 6. The fourth-order valence-corrected chi connectivity index (χ4v) is 4.19. The number of alkyl halides is 3. The van der Waals surface area contributed by atoms with Gasteiger partial charge in [-0.1, -0.05) is 25.1 Å². The van der Waals surface area contributed by atoms with Crippen molar-refractivity contribution in [1.82, 2.24) is 14.8 Å². The Labute approximate surface area is 231 Å². The van der Waals surface area contributed by atoms with E-state index in [0.717, 1.165) is 36.8 Å². The van der Waals surface area contributed by atoms with Crippen molar-refractivity contribution in [3.05, 3.63) is 82.3 Å². The zero-order chi connectivity index (χ0) is 25.7. The molecule has 3 N–H and O–H groups in total. The van der Waals surface area contributed by atoms with E-state index in [-0.39, 0.29) is 48.2 Å². The molecule has 1 aromatic heterocycles. The Morgan fingerprint density at radius 2 is 1.45 bits per heavy atom. The summed E-state index contributed by atoms with van der Waals surface area (Å²) in [6.45, 7) is 6.32. The molecule has 38 heavy (non-hydrogen) atoms. The topological polar surface area (TPSA) is 80.5 Å². The number of hydrogen-bond acceptors (Lipinski definition) is 4. The maximum Gasteiger partial charge on any atom is 0.416 e. The van der Waals surface area contributed by atoms with E-state index < -0.39 is 17.8 Å². The lowest BCUT2D eigenvalue weighted by atomic mass is 10.0. The van der Waals surface area contributed by atoms with Crippen molar-refractivity contribution in [2.75, 3.05) is 43.4 Å². The first kappa shape index (κ1) is 31.2. The molecule has 0 atom stereocenters. The van der Waals surface area contributed by atoms with Gasteiger partial charge < -0.3 is 20.5 Å². The monoisotopic (exact) mass is 571 g/mol. The number of halogens is 5. The summed E-state index contributed by atoms with van der Waals surface area (Å²) in [5.74, 6) is 0. The molecule has 0 unspecified atom stereocenters. The van der Waals surface area contributed by atoms with E-state index in [1.165, 1.54) is 18.2 Å². The summed E-state index contributed by atoms with van der Waals surface area (Å²) in [5, 5.41) is 5.11. The minimum absolute atomic E-state index is 0. The van der Waals surface area contributed by atoms with Crippen molar-refractivity contribution in [2.45, 2.75) is 19.6 Å². The SMILES string of the molecule is CCN1CCN(Cc2ccc(NC(=O)Nc3ccc(-c4ccc(=O)[nH]c4)cc3)cc2C(F)(F)F)CC1.Cl.Cl. The molecule has 0 aliphatic carbocycles. The van der Waals surface area contributed by atoms with Gasteiger partial charge in [-0.2, -0.15) is 13.2 Å². The summed E-state index contributed by atoms with van der Waals surface area (Å²) in [5.41, 5.74) is 1.41. The number of benzene rings is 2. The van der Waals surface area contributed by atoms with Crippen LogP contribution in [0.4, 0.5) is 29.3 Å². The molecule has 1 saturated heterocycles. The summed E-state index contributed by atoms with van der Waals surface area (Å²) in [6.07, 6.45) is -2.95. The average molecular weight is 572 g/mol. The van der Waals surface area contributed by atoms with Gasteiger partial charge in [0, 0.05) is 56.4 Å². The van der Waals surface area contributed by atoms with E-state index in [4.69, 9.17) is 0 Å². The van der Waals surface area contributed by atoms with Gasteiger partial charge in [0.15, 0.2) is 0 Å². The first-order valence-corrected chi connectivity index (χ1v) is 11.7. The number of pyridine rings is 1. The smallest absolute Gasteiger partial charge is 0.328 e. The van der Waals surface area contributed by atoms with E-state index in [1.807, 2.05) is 4.90 Å². The van der Waals surface area contributed by atoms with Crippen LogP contribution in [0.5, 0.6) is 0 Å². The fourth-order valence-electron chi connectivity index (χ4n) is 4.19. The van der Waals surface area contributed by atoms with Crippen LogP contribution in [0.25, 0.3) is 11.1 Å².